The monoisotopic (exact) mass is 426 g/mol. The largest absolute Gasteiger partial charge is 0.399 e. The number of nitrogens with zero attached hydrogens (tertiary/aromatic N) is 2. The van der Waals surface area contributed by atoms with Crippen LogP contribution in [0.5, 0.6) is 0 Å². The summed E-state index contributed by atoms with van der Waals surface area (Å²) in [6, 6.07) is 9.34. The van der Waals surface area contributed by atoms with Crippen molar-refractivity contribution in [2.45, 2.75) is 39.5 Å². The quantitative estimate of drug-likeness (QED) is 0.732. The van der Waals surface area contributed by atoms with Crippen molar-refractivity contribution in [1.82, 2.24) is 10.3 Å². The second-order valence-electron chi connectivity index (χ2n) is 6.94. The number of nitrogens with two attached hydrogens (primary N) is 1. The van der Waals surface area contributed by atoms with Crippen molar-refractivity contribution in [3.63, 3.8) is 0 Å². The van der Waals surface area contributed by atoms with E-state index in [1.54, 1.807) is 12.1 Å². The number of ether oxygens (including phenoxy) is 1. The topological polar surface area (TPSA) is 80.5 Å². The van der Waals surface area contributed by atoms with Gasteiger partial charge in [0, 0.05) is 37.1 Å². The van der Waals surface area contributed by atoms with Crippen LogP contribution in [0.15, 0.2) is 36.5 Å². The fourth-order valence-electron chi connectivity index (χ4n) is 3.24. The normalized spacial score (nSPS) is 18.6. The minimum Gasteiger partial charge on any atom is -0.399 e. The molecule has 1 aromatic carbocycles. The average molecular weight is 427 g/mol. The predicted molar refractivity (Wildman–Crippen MR) is 118 cm³/mol. The molecular formula is C20H28Cl2N4O2. The molecule has 1 aliphatic rings. The van der Waals surface area contributed by atoms with Gasteiger partial charge in [-0.1, -0.05) is 12.1 Å². The number of carbonyl (C=O) groups excluding carboxylic acids is 1. The Kier molecular flexibility index (Phi) is 9.01. The zero-order valence-electron chi connectivity index (χ0n) is 16.3. The Bertz CT molecular complexity index is 776. The molecule has 2 atom stereocenters. The lowest BCUT2D eigenvalue weighted by Crippen LogP contribution is -2.45. The first-order valence-corrected chi connectivity index (χ1v) is 8.92. The van der Waals surface area contributed by atoms with E-state index in [0.717, 1.165) is 30.0 Å². The molecule has 0 radical (unpaired) electrons. The van der Waals surface area contributed by atoms with E-state index in [-0.39, 0.29) is 42.9 Å². The molecule has 6 nitrogen and oxygen atoms in total. The van der Waals surface area contributed by atoms with Crippen LogP contribution in [0.25, 0.3) is 0 Å². The van der Waals surface area contributed by atoms with E-state index in [1.807, 2.05) is 31.3 Å². The number of hydrogen-bond donors (Lipinski definition) is 2. The van der Waals surface area contributed by atoms with Gasteiger partial charge in [-0.2, -0.15) is 0 Å². The zero-order chi connectivity index (χ0) is 18.7. The highest BCUT2D eigenvalue weighted by atomic mass is 35.5. The number of benzene rings is 1. The van der Waals surface area contributed by atoms with Gasteiger partial charge in [-0.05, 0) is 50.1 Å². The number of morpholine rings is 1. The highest BCUT2D eigenvalue weighted by molar-refractivity contribution is 5.96. The van der Waals surface area contributed by atoms with Crippen molar-refractivity contribution in [2.75, 3.05) is 23.7 Å². The molecule has 154 valence electrons. The van der Waals surface area contributed by atoms with Crippen molar-refractivity contribution >= 4 is 42.2 Å². The van der Waals surface area contributed by atoms with Crippen molar-refractivity contribution in [1.29, 1.82) is 0 Å². The van der Waals surface area contributed by atoms with Gasteiger partial charge in [-0.15, -0.1) is 24.8 Å². The highest BCUT2D eigenvalue weighted by Gasteiger charge is 2.23. The lowest BCUT2D eigenvalue weighted by Gasteiger charge is -2.36. The van der Waals surface area contributed by atoms with E-state index < -0.39 is 0 Å². The lowest BCUT2D eigenvalue weighted by atomic mass is 10.1. The molecule has 1 aliphatic heterocycles. The van der Waals surface area contributed by atoms with Crippen LogP contribution < -0.4 is 16.0 Å². The van der Waals surface area contributed by atoms with Gasteiger partial charge in [0.1, 0.15) is 5.82 Å². The summed E-state index contributed by atoms with van der Waals surface area (Å²) in [7, 11) is 0. The number of nitrogen functional groups attached to an aromatic ring is 1. The van der Waals surface area contributed by atoms with E-state index in [4.69, 9.17) is 10.5 Å². The van der Waals surface area contributed by atoms with Crippen LogP contribution in [0.3, 0.4) is 0 Å². The van der Waals surface area contributed by atoms with Crippen molar-refractivity contribution in [3.05, 3.63) is 53.2 Å². The number of carbonyl (C=O) groups is 1. The van der Waals surface area contributed by atoms with Crippen LogP contribution in [-0.2, 0) is 11.3 Å². The minimum atomic E-state index is -0.130. The van der Waals surface area contributed by atoms with Gasteiger partial charge in [-0.25, -0.2) is 4.98 Å². The molecule has 2 unspecified atom stereocenters. The van der Waals surface area contributed by atoms with E-state index in [1.165, 1.54) is 0 Å². The van der Waals surface area contributed by atoms with Gasteiger partial charge < -0.3 is 20.7 Å². The average Bonchev–Trinajstić information content (AvgIpc) is 2.61. The summed E-state index contributed by atoms with van der Waals surface area (Å²) in [4.78, 5) is 19.2. The van der Waals surface area contributed by atoms with Crippen LogP contribution in [0, 0.1) is 6.92 Å². The van der Waals surface area contributed by atoms with E-state index in [2.05, 4.69) is 29.0 Å². The zero-order valence-corrected chi connectivity index (χ0v) is 18.0. The molecule has 2 heterocycles. The van der Waals surface area contributed by atoms with Gasteiger partial charge >= 0.3 is 0 Å². The molecule has 3 rings (SSSR count). The summed E-state index contributed by atoms with van der Waals surface area (Å²) in [6.07, 6.45) is 2.20. The Morgan fingerprint density at radius 3 is 2.50 bits per heavy atom. The molecule has 28 heavy (non-hydrogen) atoms. The summed E-state index contributed by atoms with van der Waals surface area (Å²) in [5, 5.41) is 2.93. The molecule has 1 saturated heterocycles. The molecular weight excluding hydrogens is 399 g/mol. The number of nitrogens with one attached hydrogen (secondary N) is 1. The fraction of sp³-hybridized carbons (Fsp3) is 0.400. The van der Waals surface area contributed by atoms with Gasteiger partial charge in [0.25, 0.3) is 5.91 Å². The number of pyridine rings is 1. The number of hydrogen-bond acceptors (Lipinski definition) is 5. The number of anilines is 2. The first-order chi connectivity index (χ1) is 12.4. The summed E-state index contributed by atoms with van der Waals surface area (Å²) in [5.41, 5.74) is 8.82. The van der Waals surface area contributed by atoms with Crippen molar-refractivity contribution < 1.29 is 9.53 Å². The molecule has 3 N–H and O–H groups in total. The Morgan fingerprint density at radius 2 is 1.89 bits per heavy atom. The second kappa shape index (κ2) is 10.5. The lowest BCUT2D eigenvalue weighted by molar-refractivity contribution is -0.00546. The second-order valence-corrected chi connectivity index (χ2v) is 6.94. The maximum absolute atomic E-state index is 12.4. The number of halogens is 2. The molecule has 0 bridgehead atoms. The number of aromatic nitrogens is 1. The van der Waals surface area contributed by atoms with Crippen LogP contribution in [0.4, 0.5) is 11.5 Å². The third kappa shape index (κ3) is 5.99. The van der Waals surface area contributed by atoms with Gasteiger partial charge in [0.15, 0.2) is 0 Å². The molecule has 0 saturated carbocycles. The SMILES string of the molecule is Cc1ccc(N)cc1C(=O)NCc1ccc(N2CC(C)OC(C)C2)nc1.Cl.Cl. The third-order valence-corrected chi connectivity index (χ3v) is 4.51. The smallest absolute Gasteiger partial charge is 0.251 e. The van der Waals surface area contributed by atoms with Crippen LogP contribution >= 0.6 is 24.8 Å². The minimum absolute atomic E-state index is 0. The Morgan fingerprint density at radius 1 is 1.21 bits per heavy atom. The summed E-state index contributed by atoms with van der Waals surface area (Å²) >= 11 is 0. The van der Waals surface area contributed by atoms with Crippen LogP contribution in [0.2, 0.25) is 0 Å². The number of amides is 1. The maximum Gasteiger partial charge on any atom is 0.251 e. The van der Waals surface area contributed by atoms with Crippen molar-refractivity contribution in [3.8, 4) is 0 Å². The Hall–Kier alpha value is -2.02. The first kappa shape index (κ1) is 24.0. The van der Waals surface area contributed by atoms with Crippen LogP contribution in [0.1, 0.15) is 35.3 Å². The van der Waals surface area contributed by atoms with E-state index >= 15 is 0 Å². The predicted octanol–water partition coefficient (Wildman–Crippen LogP) is 3.36. The standard InChI is InChI=1S/C20H26N4O2.2ClH/c1-13-4-6-17(21)8-18(13)20(25)23-10-16-5-7-19(22-9-16)24-11-14(2)26-15(3)12-24;;/h4-9,14-15H,10-12,21H2,1-3H3,(H,23,25);2*1H. The molecule has 1 fully saturated rings. The summed E-state index contributed by atoms with van der Waals surface area (Å²) in [5.74, 6) is 0.809. The van der Waals surface area contributed by atoms with Gasteiger partial charge in [0.05, 0.1) is 12.2 Å². The Balaban J connectivity index is 0.00000196. The summed E-state index contributed by atoms with van der Waals surface area (Å²) < 4.78 is 5.76. The molecule has 8 heteroatoms. The van der Waals surface area contributed by atoms with E-state index in [0.29, 0.717) is 17.8 Å². The number of aryl methyl sites for hydroxylation is 1. The first-order valence-electron chi connectivity index (χ1n) is 8.92. The molecule has 1 amide bonds. The molecule has 1 aromatic heterocycles. The summed E-state index contributed by atoms with van der Waals surface area (Å²) in [6.45, 7) is 8.14. The molecule has 0 spiro atoms. The van der Waals surface area contributed by atoms with Crippen LogP contribution in [-0.4, -0.2) is 36.2 Å². The Labute approximate surface area is 178 Å². The van der Waals surface area contributed by atoms with Gasteiger partial charge in [-0.3, -0.25) is 4.79 Å². The molecule has 0 aliphatic carbocycles. The third-order valence-electron chi connectivity index (χ3n) is 4.51. The molecule has 2 aromatic rings. The number of rotatable bonds is 4. The van der Waals surface area contributed by atoms with Crippen molar-refractivity contribution in [2.24, 2.45) is 0 Å². The highest BCUT2D eigenvalue weighted by Crippen LogP contribution is 2.18. The van der Waals surface area contributed by atoms with E-state index in [9.17, 15) is 4.79 Å². The fourth-order valence-corrected chi connectivity index (χ4v) is 3.24. The van der Waals surface area contributed by atoms with Gasteiger partial charge in [0.2, 0.25) is 0 Å². The maximum atomic E-state index is 12.4.